The molecule has 4 saturated carbocycles. The Morgan fingerprint density at radius 2 is 1.89 bits per heavy atom. The Hall–Kier alpha value is -1.50. The largest absolute Gasteiger partial charge is 0.441 e. The maximum atomic E-state index is 13.5. The van der Waals surface area contributed by atoms with Crippen molar-refractivity contribution in [3.63, 3.8) is 0 Å². The predicted molar refractivity (Wildman–Crippen MR) is 135 cm³/mol. The maximum Gasteiger partial charge on any atom is 0.195 e. The van der Waals surface area contributed by atoms with E-state index in [1.54, 1.807) is 6.07 Å². The first-order chi connectivity index (χ1) is 17.1. The Labute approximate surface area is 213 Å². The number of nitrogens with zero attached hydrogens (tertiary/aromatic N) is 1. The number of hydrogen-bond acceptors (Lipinski definition) is 5. The fourth-order valence-electron chi connectivity index (χ4n) is 9.74. The molecule has 2 aromatic rings. The molecule has 1 aromatic carbocycles. The number of halogens is 1. The average molecular weight is 500 g/mol. The maximum absolute atomic E-state index is 13.5. The van der Waals surface area contributed by atoms with Gasteiger partial charge in [-0.1, -0.05) is 20.8 Å². The van der Waals surface area contributed by atoms with E-state index in [0.29, 0.717) is 53.0 Å². The number of aliphatic hydroxyl groups excluding tert-OH is 3. The lowest BCUT2D eigenvalue weighted by Gasteiger charge is -2.63. The van der Waals surface area contributed by atoms with E-state index in [1.165, 1.54) is 12.1 Å². The molecule has 4 aliphatic rings. The van der Waals surface area contributed by atoms with E-state index in [2.05, 4.69) is 25.8 Å². The molecule has 4 fully saturated rings. The molecule has 0 bridgehead atoms. The van der Waals surface area contributed by atoms with E-state index in [0.717, 1.165) is 51.4 Å². The fraction of sp³-hybridized carbons (Fsp3) is 0.767. The molecule has 0 radical (unpaired) electrons. The minimum atomic E-state index is -0.374. The summed E-state index contributed by atoms with van der Waals surface area (Å²) in [6.07, 6.45) is 6.95. The summed E-state index contributed by atoms with van der Waals surface area (Å²) in [6.45, 7) is 6.96. The Balaban J connectivity index is 1.20. The summed E-state index contributed by atoms with van der Waals surface area (Å²) in [4.78, 5) is 4.49. The van der Waals surface area contributed by atoms with Crippen molar-refractivity contribution < 1.29 is 24.1 Å². The zero-order chi connectivity index (χ0) is 25.4. The van der Waals surface area contributed by atoms with Gasteiger partial charge in [-0.25, -0.2) is 9.37 Å². The zero-order valence-electron chi connectivity index (χ0n) is 21.9. The summed E-state index contributed by atoms with van der Waals surface area (Å²) in [6, 6.07) is 4.45. The lowest BCUT2D eigenvalue weighted by Crippen LogP contribution is -2.62. The smallest absolute Gasteiger partial charge is 0.195 e. The molecule has 4 aliphatic carbocycles. The van der Waals surface area contributed by atoms with Crippen LogP contribution in [0.25, 0.3) is 11.1 Å². The molecule has 0 spiro atoms. The number of hydrogen-bond donors (Lipinski definition) is 3. The molecule has 6 heteroatoms. The molecule has 1 aromatic heterocycles. The van der Waals surface area contributed by atoms with Crippen molar-refractivity contribution in [2.24, 2.45) is 46.3 Å². The van der Waals surface area contributed by atoms with Gasteiger partial charge in [-0.3, -0.25) is 0 Å². The van der Waals surface area contributed by atoms with E-state index in [1.807, 2.05) is 0 Å². The van der Waals surface area contributed by atoms with Crippen LogP contribution in [0.3, 0.4) is 0 Å². The van der Waals surface area contributed by atoms with Crippen LogP contribution in [0.2, 0.25) is 0 Å². The normalized spacial score (nSPS) is 45.2. The molecule has 0 aliphatic heterocycles. The average Bonchev–Trinajstić information content (AvgIpc) is 3.40. The Morgan fingerprint density at radius 1 is 1.08 bits per heavy atom. The Morgan fingerprint density at radius 3 is 2.69 bits per heavy atom. The molecule has 5 nitrogen and oxygen atoms in total. The lowest BCUT2D eigenvalue weighted by molar-refractivity contribution is -0.207. The number of aliphatic hydroxyl groups is 3. The topological polar surface area (TPSA) is 86.7 Å². The molecule has 6 rings (SSSR count). The molecule has 0 saturated heterocycles. The third-order valence-electron chi connectivity index (χ3n) is 11.7. The van der Waals surface area contributed by atoms with Crippen LogP contribution in [0.5, 0.6) is 0 Å². The highest BCUT2D eigenvalue weighted by Crippen LogP contribution is 2.68. The second-order valence-electron chi connectivity index (χ2n) is 13.3. The monoisotopic (exact) mass is 499 g/mol. The van der Waals surface area contributed by atoms with Crippen LogP contribution in [-0.4, -0.2) is 38.6 Å². The first-order valence-electron chi connectivity index (χ1n) is 14.2. The summed E-state index contributed by atoms with van der Waals surface area (Å²) in [5.74, 6) is 2.32. The van der Waals surface area contributed by atoms with Crippen molar-refractivity contribution in [1.29, 1.82) is 0 Å². The summed E-state index contributed by atoms with van der Waals surface area (Å²) >= 11 is 0. The molecular weight excluding hydrogens is 457 g/mol. The van der Waals surface area contributed by atoms with Crippen LogP contribution < -0.4 is 0 Å². The van der Waals surface area contributed by atoms with Gasteiger partial charge in [0.05, 0.1) is 18.3 Å². The van der Waals surface area contributed by atoms with Gasteiger partial charge < -0.3 is 19.7 Å². The van der Waals surface area contributed by atoms with Crippen molar-refractivity contribution in [2.75, 3.05) is 0 Å². The number of aromatic nitrogens is 1. The van der Waals surface area contributed by atoms with Crippen molar-refractivity contribution in [3.8, 4) is 0 Å². The molecule has 1 unspecified atom stereocenters. The van der Waals surface area contributed by atoms with Crippen LogP contribution >= 0.6 is 0 Å². The second kappa shape index (κ2) is 8.78. The first-order valence-corrected chi connectivity index (χ1v) is 14.2. The zero-order valence-corrected chi connectivity index (χ0v) is 21.9. The molecule has 1 heterocycles. The second-order valence-corrected chi connectivity index (χ2v) is 13.3. The lowest BCUT2D eigenvalue weighted by atomic mass is 9.43. The molecule has 0 amide bonds. The van der Waals surface area contributed by atoms with Crippen LogP contribution in [0.1, 0.15) is 78.0 Å². The number of benzene rings is 1. The number of aryl methyl sites for hydroxylation is 1. The van der Waals surface area contributed by atoms with Gasteiger partial charge in [-0.15, -0.1) is 0 Å². The van der Waals surface area contributed by atoms with Crippen molar-refractivity contribution in [2.45, 2.75) is 96.9 Å². The van der Waals surface area contributed by atoms with Crippen molar-refractivity contribution in [1.82, 2.24) is 4.98 Å². The highest BCUT2D eigenvalue weighted by atomic mass is 19.1. The van der Waals surface area contributed by atoms with E-state index < -0.39 is 0 Å². The van der Waals surface area contributed by atoms with Crippen LogP contribution in [0.15, 0.2) is 22.6 Å². The van der Waals surface area contributed by atoms with Crippen LogP contribution in [-0.2, 0) is 6.42 Å². The summed E-state index contributed by atoms with van der Waals surface area (Å²) < 4.78 is 19.4. The summed E-state index contributed by atoms with van der Waals surface area (Å²) in [5, 5.41) is 33.5. The van der Waals surface area contributed by atoms with Gasteiger partial charge in [-0.05, 0) is 110 Å². The van der Waals surface area contributed by atoms with Gasteiger partial charge in [0.2, 0.25) is 0 Å². The Kier molecular flexibility index (Phi) is 6.05. The summed E-state index contributed by atoms with van der Waals surface area (Å²) in [5.41, 5.74) is 1.08. The van der Waals surface area contributed by atoms with Crippen molar-refractivity contribution >= 4 is 11.1 Å². The molecule has 3 N–H and O–H groups in total. The molecule has 36 heavy (non-hydrogen) atoms. The van der Waals surface area contributed by atoms with Gasteiger partial charge in [0.25, 0.3) is 0 Å². The highest BCUT2D eigenvalue weighted by Gasteiger charge is 2.65. The van der Waals surface area contributed by atoms with Gasteiger partial charge >= 0.3 is 0 Å². The standard InChI is InChI=1S/C30H42FNO4/c1-16(4-9-27-32-23-14-18(31)5-8-25(23)36-27)20-6-7-21-28-22(15-26(35)30(20,21)3)29(2)11-10-19(33)12-17(29)13-24(28)34/h5,8,14,16-17,19-22,24,26,28,33-35H,4,6-7,9-13,15H2,1-3H3/t16?,17-,19+,20+,21-,22-,24+,26-,28-,29-,30+/m0/s1. The molecular formula is C30H42FNO4. The van der Waals surface area contributed by atoms with Gasteiger partial charge in [0, 0.05) is 12.5 Å². The molecule has 198 valence electrons. The Bertz CT molecular complexity index is 1120. The number of oxazole rings is 1. The first kappa shape index (κ1) is 24.8. The van der Waals surface area contributed by atoms with Crippen molar-refractivity contribution in [3.05, 3.63) is 29.9 Å². The summed E-state index contributed by atoms with van der Waals surface area (Å²) in [7, 11) is 0. The van der Waals surface area contributed by atoms with E-state index in [-0.39, 0.29) is 40.9 Å². The third-order valence-corrected chi connectivity index (χ3v) is 11.7. The minimum Gasteiger partial charge on any atom is -0.441 e. The number of rotatable bonds is 4. The van der Waals surface area contributed by atoms with E-state index in [4.69, 9.17) is 4.42 Å². The van der Waals surface area contributed by atoms with Crippen LogP contribution in [0, 0.1) is 52.2 Å². The van der Waals surface area contributed by atoms with E-state index in [9.17, 15) is 19.7 Å². The third kappa shape index (κ3) is 3.69. The predicted octanol–water partition coefficient (Wildman–Crippen LogP) is 5.50. The van der Waals surface area contributed by atoms with E-state index >= 15 is 0 Å². The van der Waals surface area contributed by atoms with Gasteiger partial charge in [-0.2, -0.15) is 0 Å². The highest BCUT2D eigenvalue weighted by molar-refractivity contribution is 5.72. The number of fused-ring (bicyclic) bond motifs is 6. The van der Waals surface area contributed by atoms with Crippen LogP contribution in [0.4, 0.5) is 4.39 Å². The SMILES string of the molecule is CC(CCc1nc2cc(F)ccc2o1)[C@H]1CC[C@H]2[C@@H]3[C@H](O)C[C@@H]4C[C@H](O)CC[C@]4(C)[C@H]3C[C@H](O)[C@]12C. The van der Waals surface area contributed by atoms with Gasteiger partial charge in [0.15, 0.2) is 11.5 Å². The fourth-order valence-corrected chi connectivity index (χ4v) is 9.74. The quantitative estimate of drug-likeness (QED) is 0.517. The van der Waals surface area contributed by atoms with Gasteiger partial charge in [0.1, 0.15) is 11.3 Å². The minimum absolute atomic E-state index is 0.0988. The molecule has 11 atom stereocenters.